The minimum absolute atomic E-state index is 0.150. The summed E-state index contributed by atoms with van der Waals surface area (Å²) >= 11 is 0. The molecule has 3 rings (SSSR count). The van der Waals surface area contributed by atoms with Gasteiger partial charge in [0.15, 0.2) is 0 Å². The first-order valence-corrected chi connectivity index (χ1v) is 9.65. The van der Waals surface area contributed by atoms with Gasteiger partial charge in [0.2, 0.25) is 10.0 Å². The van der Waals surface area contributed by atoms with E-state index >= 15 is 0 Å². The van der Waals surface area contributed by atoms with Crippen molar-refractivity contribution >= 4 is 16.0 Å². The molecule has 1 aliphatic rings. The van der Waals surface area contributed by atoms with Crippen LogP contribution < -0.4 is 0 Å². The zero-order valence-corrected chi connectivity index (χ0v) is 15.1. The summed E-state index contributed by atoms with van der Waals surface area (Å²) in [6, 6.07) is 13.9. The Kier molecular flexibility index (Phi) is 4.92. The summed E-state index contributed by atoms with van der Waals surface area (Å²) in [5.74, 6) is -0.435. The van der Waals surface area contributed by atoms with Gasteiger partial charge in [-0.2, -0.15) is 0 Å². The summed E-state index contributed by atoms with van der Waals surface area (Å²) in [5.41, 5.74) is 2.63. The molecule has 2 aromatic rings. The molecule has 0 saturated carbocycles. The Labute approximate surface area is 148 Å². The maximum atomic E-state index is 12.4. The van der Waals surface area contributed by atoms with Gasteiger partial charge in [0.05, 0.1) is 10.5 Å². The number of benzene rings is 2. The highest BCUT2D eigenvalue weighted by atomic mass is 32.2. The number of hydrogen-bond acceptors (Lipinski definition) is 4. The highest BCUT2D eigenvalue weighted by Gasteiger charge is 2.24. The van der Waals surface area contributed by atoms with Gasteiger partial charge in [-0.25, -0.2) is 17.5 Å². The Morgan fingerprint density at radius 3 is 2.44 bits per heavy atom. The molecule has 1 atom stereocenters. The monoisotopic (exact) mass is 359 g/mol. The topological polar surface area (TPSA) is 63.7 Å². The van der Waals surface area contributed by atoms with Gasteiger partial charge in [-0.3, -0.25) is 0 Å². The quantitative estimate of drug-likeness (QED) is 0.787. The van der Waals surface area contributed by atoms with Crippen LogP contribution in [-0.4, -0.2) is 32.8 Å². The van der Waals surface area contributed by atoms with Crippen molar-refractivity contribution in [2.75, 3.05) is 14.1 Å². The summed E-state index contributed by atoms with van der Waals surface area (Å²) in [4.78, 5) is 12.6. The summed E-state index contributed by atoms with van der Waals surface area (Å²) < 4.78 is 31.0. The molecule has 1 aliphatic carbocycles. The third-order valence-corrected chi connectivity index (χ3v) is 6.26. The summed E-state index contributed by atoms with van der Waals surface area (Å²) in [6.45, 7) is 0. The van der Waals surface area contributed by atoms with Crippen molar-refractivity contribution in [3.63, 3.8) is 0 Å². The van der Waals surface area contributed by atoms with Crippen LogP contribution >= 0.6 is 0 Å². The van der Waals surface area contributed by atoms with E-state index in [4.69, 9.17) is 4.74 Å². The lowest BCUT2D eigenvalue weighted by atomic mass is 9.89. The number of rotatable bonds is 4. The highest BCUT2D eigenvalue weighted by Crippen LogP contribution is 2.33. The van der Waals surface area contributed by atoms with Crippen LogP contribution in [-0.2, 0) is 21.2 Å². The minimum Gasteiger partial charge on any atom is -0.454 e. The van der Waals surface area contributed by atoms with Gasteiger partial charge in [-0.15, -0.1) is 0 Å². The number of fused-ring (bicyclic) bond motifs is 1. The second-order valence-electron chi connectivity index (χ2n) is 6.30. The predicted octanol–water partition coefficient (Wildman–Crippen LogP) is 3.17. The van der Waals surface area contributed by atoms with E-state index in [-0.39, 0.29) is 11.0 Å². The normalized spacial score (nSPS) is 17.2. The van der Waals surface area contributed by atoms with E-state index in [0.717, 1.165) is 29.1 Å². The molecule has 0 heterocycles. The van der Waals surface area contributed by atoms with Crippen molar-refractivity contribution in [3.05, 3.63) is 65.2 Å². The van der Waals surface area contributed by atoms with E-state index in [1.165, 1.54) is 43.9 Å². The number of nitrogens with zero attached hydrogens (tertiary/aromatic N) is 1. The number of carbonyl (C=O) groups is 1. The van der Waals surface area contributed by atoms with Crippen LogP contribution in [0.5, 0.6) is 0 Å². The number of esters is 1. The number of hydrogen-bond donors (Lipinski definition) is 0. The first-order valence-electron chi connectivity index (χ1n) is 8.21. The standard InChI is InChI=1S/C19H21NO4S/c1-20(2)25(22,23)16-12-10-15(11-13-16)19(21)24-18-9-5-7-14-6-3-4-8-17(14)18/h3-4,6,8,10-13,18H,5,7,9H2,1-2H3/t18-/m1/s1. The van der Waals surface area contributed by atoms with Crippen LogP contribution in [0.2, 0.25) is 0 Å². The van der Waals surface area contributed by atoms with Gasteiger partial charge in [0.1, 0.15) is 6.10 Å². The van der Waals surface area contributed by atoms with Crippen LogP contribution in [0.25, 0.3) is 0 Å². The molecule has 0 aromatic heterocycles. The zero-order valence-electron chi connectivity index (χ0n) is 14.3. The van der Waals surface area contributed by atoms with Gasteiger partial charge in [-0.05, 0) is 54.7 Å². The summed E-state index contributed by atoms with van der Waals surface area (Å²) in [5, 5.41) is 0. The Hall–Kier alpha value is -2.18. The zero-order chi connectivity index (χ0) is 18.0. The molecule has 0 radical (unpaired) electrons. The largest absolute Gasteiger partial charge is 0.454 e. The number of ether oxygens (including phenoxy) is 1. The van der Waals surface area contributed by atoms with Crippen molar-refractivity contribution < 1.29 is 17.9 Å². The maximum absolute atomic E-state index is 12.4. The lowest BCUT2D eigenvalue weighted by molar-refractivity contribution is 0.0256. The van der Waals surface area contributed by atoms with Crippen LogP contribution in [0.1, 0.15) is 40.4 Å². The molecular weight excluding hydrogens is 338 g/mol. The molecule has 5 nitrogen and oxygen atoms in total. The smallest absolute Gasteiger partial charge is 0.338 e. The number of sulfonamides is 1. The number of carbonyl (C=O) groups excluding carboxylic acids is 1. The van der Waals surface area contributed by atoms with E-state index in [1.807, 2.05) is 18.2 Å². The summed E-state index contributed by atoms with van der Waals surface area (Å²) in [6.07, 6.45) is 2.54. The van der Waals surface area contributed by atoms with E-state index < -0.39 is 16.0 Å². The van der Waals surface area contributed by atoms with Gasteiger partial charge in [-0.1, -0.05) is 24.3 Å². The molecule has 0 fully saturated rings. The van der Waals surface area contributed by atoms with Crippen molar-refractivity contribution in [2.24, 2.45) is 0 Å². The van der Waals surface area contributed by atoms with Gasteiger partial charge < -0.3 is 4.74 Å². The van der Waals surface area contributed by atoms with Gasteiger partial charge in [0, 0.05) is 14.1 Å². The van der Waals surface area contributed by atoms with Crippen LogP contribution in [0.4, 0.5) is 0 Å². The molecule has 0 spiro atoms. The van der Waals surface area contributed by atoms with Crippen molar-refractivity contribution in [3.8, 4) is 0 Å². The highest BCUT2D eigenvalue weighted by molar-refractivity contribution is 7.89. The first kappa shape index (κ1) is 17.6. The average Bonchev–Trinajstić information content (AvgIpc) is 2.62. The molecule has 0 amide bonds. The van der Waals surface area contributed by atoms with E-state index in [1.54, 1.807) is 0 Å². The fourth-order valence-electron chi connectivity index (χ4n) is 3.00. The second kappa shape index (κ2) is 6.98. The minimum atomic E-state index is -3.51. The predicted molar refractivity (Wildman–Crippen MR) is 94.9 cm³/mol. The molecule has 6 heteroatoms. The van der Waals surface area contributed by atoms with Gasteiger partial charge >= 0.3 is 5.97 Å². The van der Waals surface area contributed by atoms with Crippen molar-refractivity contribution in [2.45, 2.75) is 30.3 Å². The molecule has 0 bridgehead atoms. The van der Waals surface area contributed by atoms with Crippen LogP contribution in [0.3, 0.4) is 0 Å². The molecule has 0 aliphatic heterocycles. The van der Waals surface area contributed by atoms with E-state index in [2.05, 4.69) is 6.07 Å². The van der Waals surface area contributed by atoms with Crippen LogP contribution in [0.15, 0.2) is 53.4 Å². The molecular formula is C19H21NO4S. The SMILES string of the molecule is CN(C)S(=O)(=O)c1ccc(C(=O)O[C@@H]2CCCc3ccccc32)cc1. The molecule has 0 unspecified atom stereocenters. The fourth-order valence-corrected chi connectivity index (χ4v) is 3.90. The van der Waals surface area contributed by atoms with E-state index in [9.17, 15) is 13.2 Å². The molecule has 0 saturated heterocycles. The van der Waals surface area contributed by atoms with Crippen LogP contribution in [0, 0.1) is 0 Å². The summed E-state index contributed by atoms with van der Waals surface area (Å²) in [7, 11) is -0.565. The van der Waals surface area contributed by atoms with Crippen molar-refractivity contribution in [1.82, 2.24) is 4.31 Å². The van der Waals surface area contributed by atoms with Gasteiger partial charge in [0.25, 0.3) is 0 Å². The average molecular weight is 359 g/mol. The molecule has 25 heavy (non-hydrogen) atoms. The Morgan fingerprint density at radius 1 is 1.08 bits per heavy atom. The Bertz CT molecular complexity index is 873. The fraction of sp³-hybridized carbons (Fsp3) is 0.316. The molecule has 0 N–H and O–H groups in total. The maximum Gasteiger partial charge on any atom is 0.338 e. The van der Waals surface area contributed by atoms with E-state index in [0.29, 0.717) is 5.56 Å². The third kappa shape index (κ3) is 3.60. The molecule has 132 valence electrons. The van der Waals surface area contributed by atoms with Crippen molar-refractivity contribution in [1.29, 1.82) is 0 Å². The first-order chi connectivity index (χ1) is 11.9. The lowest BCUT2D eigenvalue weighted by Gasteiger charge is -2.25. The third-order valence-electron chi connectivity index (χ3n) is 4.43. The second-order valence-corrected chi connectivity index (χ2v) is 8.45. The Balaban J connectivity index is 1.77. The molecule has 2 aromatic carbocycles. The number of aryl methyl sites for hydroxylation is 1. The Morgan fingerprint density at radius 2 is 1.76 bits per heavy atom. The lowest BCUT2D eigenvalue weighted by Crippen LogP contribution is -2.22.